The molecular formula is C13H13FN2O. The van der Waals surface area contributed by atoms with Gasteiger partial charge in [0, 0.05) is 12.7 Å². The lowest BCUT2D eigenvalue weighted by Gasteiger charge is -1.99. The average Bonchev–Trinajstić information content (AvgIpc) is 2.78. The molecule has 0 unspecified atom stereocenters. The van der Waals surface area contributed by atoms with E-state index in [1.165, 1.54) is 18.3 Å². The molecule has 0 aliphatic carbocycles. The number of carbonyl (C=O) groups is 1. The zero-order valence-corrected chi connectivity index (χ0v) is 9.56. The van der Waals surface area contributed by atoms with Crippen LogP contribution in [0, 0.1) is 5.82 Å². The van der Waals surface area contributed by atoms with E-state index in [9.17, 15) is 9.18 Å². The monoisotopic (exact) mass is 232 g/mol. The Balaban J connectivity index is 2.28. The Bertz CT molecular complexity index is 534. The minimum atomic E-state index is -0.499. The van der Waals surface area contributed by atoms with Crippen LogP contribution >= 0.6 is 0 Å². The van der Waals surface area contributed by atoms with Gasteiger partial charge in [-0.15, -0.1) is 0 Å². The molecular weight excluding hydrogens is 219 g/mol. The molecule has 0 amide bonds. The van der Waals surface area contributed by atoms with Gasteiger partial charge in [-0.2, -0.15) is 5.10 Å². The first kappa shape index (κ1) is 11.5. The summed E-state index contributed by atoms with van der Waals surface area (Å²) in [5, 5.41) is 4.06. The maximum Gasteiger partial charge on any atom is 0.199 e. The summed E-state index contributed by atoms with van der Waals surface area (Å²) in [6.45, 7) is 2.78. The molecule has 0 atom stereocenters. The van der Waals surface area contributed by atoms with Gasteiger partial charge in [0.15, 0.2) is 5.78 Å². The van der Waals surface area contributed by atoms with Crippen molar-refractivity contribution in [2.45, 2.75) is 19.9 Å². The number of ketones is 1. The van der Waals surface area contributed by atoms with Gasteiger partial charge >= 0.3 is 0 Å². The average molecular weight is 232 g/mol. The van der Waals surface area contributed by atoms with Crippen LogP contribution in [0.4, 0.5) is 4.39 Å². The summed E-state index contributed by atoms with van der Waals surface area (Å²) in [5.74, 6) is -0.828. The van der Waals surface area contributed by atoms with Gasteiger partial charge in [-0.1, -0.05) is 19.1 Å². The van der Waals surface area contributed by atoms with E-state index in [4.69, 9.17) is 0 Å². The number of aromatic nitrogens is 2. The molecule has 1 heterocycles. The zero-order valence-electron chi connectivity index (χ0n) is 9.56. The van der Waals surface area contributed by atoms with Gasteiger partial charge in [0.1, 0.15) is 5.82 Å². The van der Waals surface area contributed by atoms with Crippen LogP contribution in [0.2, 0.25) is 0 Å². The predicted octanol–water partition coefficient (Wildman–Crippen LogP) is 2.66. The molecule has 0 saturated heterocycles. The van der Waals surface area contributed by atoms with Crippen molar-refractivity contribution in [1.29, 1.82) is 0 Å². The van der Waals surface area contributed by atoms with Crippen molar-refractivity contribution in [3.63, 3.8) is 0 Å². The Morgan fingerprint density at radius 3 is 2.88 bits per heavy atom. The van der Waals surface area contributed by atoms with E-state index in [-0.39, 0.29) is 11.3 Å². The number of nitrogens with zero attached hydrogens (tertiary/aromatic N) is 2. The highest BCUT2D eigenvalue weighted by molar-refractivity contribution is 6.08. The third-order valence-corrected chi connectivity index (χ3v) is 2.47. The van der Waals surface area contributed by atoms with Crippen molar-refractivity contribution in [1.82, 2.24) is 9.78 Å². The number of benzene rings is 1. The van der Waals surface area contributed by atoms with Crippen LogP contribution in [0.15, 0.2) is 36.7 Å². The number of carbonyl (C=O) groups excluding carboxylic acids is 1. The summed E-state index contributed by atoms with van der Waals surface area (Å²) in [7, 11) is 0. The minimum absolute atomic E-state index is 0.0866. The van der Waals surface area contributed by atoms with Crippen LogP contribution in [-0.4, -0.2) is 15.6 Å². The number of hydrogen-bond acceptors (Lipinski definition) is 2. The molecule has 0 spiro atoms. The highest BCUT2D eigenvalue weighted by Gasteiger charge is 2.14. The fraction of sp³-hybridized carbons (Fsp3) is 0.231. The van der Waals surface area contributed by atoms with Crippen molar-refractivity contribution in [2.75, 3.05) is 0 Å². The lowest BCUT2D eigenvalue weighted by molar-refractivity contribution is 0.103. The van der Waals surface area contributed by atoms with Crippen molar-refractivity contribution in [3.8, 4) is 0 Å². The molecule has 2 aromatic rings. The van der Waals surface area contributed by atoms with E-state index in [1.807, 2.05) is 6.92 Å². The molecule has 0 radical (unpaired) electrons. The number of rotatable bonds is 4. The molecule has 0 aliphatic rings. The summed E-state index contributed by atoms with van der Waals surface area (Å²) in [4.78, 5) is 12.0. The molecule has 1 aromatic carbocycles. The summed E-state index contributed by atoms with van der Waals surface area (Å²) >= 11 is 0. The van der Waals surface area contributed by atoms with Gasteiger partial charge in [-0.3, -0.25) is 9.48 Å². The second-order valence-electron chi connectivity index (χ2n) is 3.80. The van der Waals surface area contributed by atoms with Gasteiger partial charge in [0.2, 0.25) is 0 Å². The van der Waals surface area contributed by atoms with E-state index >= 15 is 0 Å². The zero-order chi connectivity index (χ0) is 12.3. The smallest absolute Gasteiger partial charge is 0.199 e. The molecule has 4 heteroatoms. The summed E-state index contributed by atoms with van der Waals surface area (Å²) < 4.78 is 15.1. The first-order chi connectivity index (χ1) is 8.22. The van der Waals surface area contributed by atoms with Crippen LogP contribution < -0.4 is 0 Å². The van der Waals surface area contributed by atoms with Crippen LogP contribution in [0.5, 0.6) is 0 Å². The maximum atomic E-state index is 13.4. The Morgan fingerprint density at radius 1 is 1.41 bits per heavy atom. The molecule has 0 N–H and O–H groups in total. The van der Waals surface area contributed by atoms with Gasteiger partial charge in [-0.05, 0) is 18.6 Å². The van der Waals surface area contributed by atoms with Crippen LogP contribution in [0.1, 0.15) is 29.3 Å². The van der Waals surface area contributed by atoms with Gasteiger partial charge < -0.3 is 0 Å². The van der Waals surface area contributed by atoms with Crippen LogP contribution in [-0.2, 0) is 6.54 Å². The van der Waals surface area contributed by atoms with Gasteiger partial charge in [-0.25, -0.2) is 4.39 Å². The normalized spacial score (nSPS) is 10.5. The van der Waals surface area contributed by atoms with E-state index in [1.54, 1.807) is 23.0 Å². The maximum absolute atomic E-state index is 13.4. The third-order valence-electron chi connectivity index (χ3n) is 2.47. The molecule has 0 saturated carbocycles. The van der Waals surface area contributed by atoms with Crippen LogP contribution in [0.25, 0.3) is 0 Å². The summed E-state index contributed by atoms with van der Waals surface area (Å²) in [5.41, 5.74) is 0.507. The van der Waals surface area contributed by atoms with Gasteiger partial charge in [0.05, 0.1) is 17.3 Å². The fourth-order valence-electron chi connectivity index (χ4n) is 1.63. The van der Waals surface area contributed by atoms with Gasteiger partial charge in [0.25, 0.3) is 0 Å². The molecule has 17 heavy (non-hydrogen) atoms. The van der Waals surface area contributed by atoms with E-state index < -0.39 is 5.82 Å². The first-order valence-electron chi connectivity index (χ1n) is 5.54. The lowest BCUT2D eigenvalue weighted by Crippen LogP contribution is -2.03. The SMILES string of the molecule is CCCn1cc(C(=O)c2ccccc2F)cn1. The Hall–Kier alpha value is -1.97. The molecule has 3 nitrogen and oxygen atoms in total. The molecule has 0 fully saturated rings. The number of hydrogen-bond donors (Lipinski definition) is 0. The molecule has 0 aliphatic heterocycles. The summed E-state index contributed by atoms with van der Waals surface area (Å²) in [6.07, 6.45) is 4.07. The van der Waals surface area contributed by atoms with Crippen molar-refractivity contribution < 1.29 is 9.18 Å². The van der Waals surface area contributed by atoms with E-state index in [2.05, 4.69) is 5.10 Å². The molecule has 2 rings (SSSR count). The van der Waals surface area contributed by atoms with E-state index in [0.717, 1.165) is 13.0 Å². The number of aryl methyl sites for hydroxylation is 1. The standard InChI is InChI=1S/C13H13FN2O/c1-2-7-16-9-10(8-15-16)13(17)11-5-3-4-6-12(11)14/h3-6,8-9H,2,7H2,1H3. The molecule has 88 valence electrons. The second-order valence-corrected chi connectivity index (χ2v) is 3.80. The first-order valence-corrected chi connectivity index (χ1v) is 5.54. The Labute approximate surface area is 98.9 Å². The van der Waals surface area contributed by atoms with Crippen molar-refractivity contribution >= 4 is 5.78 Å². The third kappa shape index (κ3) is 2.41. The Kier molecular flexibility index (Phi) is 3.32. The quantitative estimate of drug-likeness (QED) is 0.759. The lowest BCUT2D eigenvalue weighted by atomic mass is 10.1. The Morgan fingerprint density at radius 2 is 2.18 bits per heavy atom. The molecule has 0 bridgehead atoms. The van der Waals surface area contributed by atoms with E-state index in [0.29, 0.717) is 5.56 Å². The second kappa shape index (κ2) is 4.91. The topological polar surface area (TPSA) is 34.9 Å². The van der Waals surface area contributed by atoms with Crippen LogP contribution in [0.3, 0.4) is 0 Å². The predicted molar refractivity (Wildman–Crippen MR) is 62.4 cm³/mol. The summed E-state index contributed by atoms with van der Waals surface area (Å²) in [6, 6.07) is 5.97. The number of halogens is 1. The minimum Gasteiger partial charge on any atom is -0.288 e. The highest BCUT2D eigenvalue weighted by atomic mass is 19.1. The van der Waals surface area contributed by atoms with Crippen molar-refractivity contribution in [3.05, 3.63) is 53.6 Å². The fourth-order valence-corrected chi connectivity index (χ4v) is 1.63. The molecule has 1 aromatic heterocycles. The largest absolute Gasteiger partial charge is 0.288 e. The highest BCUT2D eigenvalue weighted by Crippen LogP contribution is 2.12. The van der Waals surface area contributed by atoms with Crippen molar-refractivity contribution in [2.24, 2.45) is 0 Å².